The number of aryl methyl sites for hydroxylation is 1. The van der Waals surface area contributed by atoms with E-state index in [1.807, 2.05) is 24.3 Å². The summed E-state index contributed by atoms with van der Waals surface area (Å²) in [5, 5.41) is 11.2. The monoisotopic (exact) mass is 255 g/mol. The maximum Gasteiger partial charge on any atom is 0.258 e. The number of benzene rings is 1. The molecule has 0 bridgehead atoms. The SMILES string of the molecule is Cn1c(=O)c([C@@H]2C=CCCC2)c(O)c2ccccc21. The molecule has 1 aromatic heterocycles. The first-order valence-electron chi connectivity index (χ1n) is 6.67. The van der Waals surface area contributed by atoms with Crippen molar-refractivity contribution >= 4 is 10.9 Å². The number of para-hydroxylation sites is 1. The van der Waals surface area contributed by atoms with Crippen molar-refractivity contribution in [3.05, 3.63) is 52.3 Å². The van der Waals surface area contributed by atoms with Gasteiger partial charge in [0.15, 0.2) is 0 Å². The molecular weight excluding hydrogens is 238 g/mol. The summed E-state index contributed by atoms with van der Waals surface area (Å²) >= 11 is 0. The Morgan fingerprint density at radius 1 is 1.32 bits per heavy atom. The van der Waals surface area contributed by atoms with Gasteiger partial charge in [0.25, 0.3) is 5.56 Å². The van der Waals surface area contributed by atoms with Crippen LogP contribution in [-0.2, 0) is 7.05 Å². The quantitative estimate of drug-likeness (QED) is 0.796. The molecule has 2 aromatic rings. The molecular formula is C16H17NO2. The van der Waals surface area contributed by atoms with Crippen LogP contribution >= 0.6 is 0 Å². The summed E-state index contributed by atoms with van der Waals surface area (Å²) < 4.78 is 1.63. The lowest BCUT2D eigenvalue weighted by Gasteiger charge is -2.19. The lowest BCUT2D eigenvalue weighted by atomic mass is 9.88. The topological polar surface area (TPSA) is 42.2 Å². The lowest BCUT2D eigenvalue weighted by Crippen LogP contribution is -2.24. The largest absolute Gasteiger partial charge is 0.507 e. The molecule has 98 valence electrons. The van der Waals surface area contributed by atoms with Crippen molar-refractivity contribution in [1.29, 1.82) is 0 Å². The molecule has 3 rings (SSSR count). The first kappa shape index (κ1) is 12.0. The maximum absolute atomic E-state index is 12.5. The van der Waals surface area contributed by atoms with Gasteiger partial charge in [-0.3, -0.25) is 4.79 Å². The molecule has 1 N–H and O–H groups in total. The number of aromatic hydroxyl groups is 1. The van der Waals surface area contributed by atoms with Gasteiger partial charge >= 0.3 is 0 Å². The van der Waals surface area contributed by atoms with Crippen molar-refractivity contribution in [2.45, 2.75) is 25.2 Å². The number of fused-ring (bicyclic) bond motifs is 1. The minimum absolute atomic E-state index is 0.0389. The minimum Gasteiger partial charge on any atom is -0.507 e. The van der Waals surface area contributed by atoms with Gasteiger partial charge in [-0.05, 0) is 31.4 Å². The Morgan fingerprint density at radius 2 is 2.11 bits per heavy atom. The van der Waals surface area contributed by atoms with Gasteiger partial charge < -0.3 is 9.67 Å². The van der Waals surface area contributed by atoms with Crippen LogP contribution in [0.5, 0.6) is 5.75 Å². The Morgan fingerprint density at radius 3 is 2.84 bits per heavy atom. The Labute approximate surface area is 111 Å². The fourth-order valence-electron chi connectivity index (χ4n) is 2.89. The molecule has 3 heteroatoms. The van der Waals surface area contributed by atoms with E-state index >= 15 is 0 Å². The van der Waals surface area contributed by atoms with Crippen LogP contribution in [0.2, 0.25) is 0 Å². The summed E-state index contributed by atoms with van der Waals surface area (Å²) in [6.07, 6.45) is 7.20. The molecule has 1 aliphatic rings. The highest BCUT2D eigenvalue weighted by Crippen LogP contribution is 2.35. The maximum atomic E-state index is 12.5. The van der Waals surface area contributed by atoms with E-state index in [1.165, 1.54) is 0 Å². The number of allylic oxidation sites excluding steroid dienone is 2. The van der Waals surface area contributed by atoms with Crippen LogP contribution in [-0.4, -0.2) is 9.67 Å². The molecule has 0 aliphatic heterocycles. The van der Waals surface area contributed by atoms with Gasteiger partial charge in [-0.25, -0.2) is 0 Å². The Bertz CT molecular complexity index is 712. The van der Waals surface area contributed by atoms with E-state index < -0.39 is 0 Å². The van der Waals surface area contributed by atoms with Gasteiger partial charge in [-0.15, -0.1) is 0 Å². The van der Waals surface area contributed by atoms with E-state index in [4.69, 9.17) is 0 Å². The van der Waals surface area contributed by atoms with Crippen LogP contribution < -0.4 is 5.56 Å². The second-order valence-electron chi connectivity index (χ2n) is 5.11. The Hall–Kier alpha value is -2.03. The van der Waals surface area contributed by atoms with Gasteiger partial charge in [-0.2, -0.15) is 0 Å². The third-order valence-corrected chi connectivity index (χ3v) is 3.94. The molecule has 1 aliphatic carbocycles. The van der Waals surface area contributed by atoms with Gasteiger partial charge in [-0.1, -0.05) is 24.3 Å². The molecule has 0 amide bonds. The highest BCUT2D eigenvalue weighted by molar-refractivity contribution is 5.86. The predicted molar refractivity (Wildman–Crippen MR) is 76.6 cm³/mol. The minimum atomic E-state index is -0.0900. The molecule has 0 spiro atoms. The first-order chi connectivity index (χ1) is 9.20. The van der Waals surface area contributed by atoms with E-state index in [2.05, 4.69) is 12.2 Å². The number of rotatable bonds is 1. The zero-order valence-electron chi connectivity index (χ0n) is 11.0. The van der Waals surface area contributed by atoms with Crippen LogP contribution in [0.15, 0.2) is 41.2 Å². The molecule has 1 atom stereocenters. The van der Waals surface area contributed by atoms with E-state index in [0.29, 0.717) is 5.56 Å². The molecule has 1 heterocycles. The highest BCUT2D eigenvalue weighted by atomic mass is 16.3. The number of aromatic nitrogens is 1. The van der Waals surface area contributed by atoms with Gasteiger partial charge in [0.2, 0.25) is 0 Å². The number of nitrogens with zero attached hydrogens (tertiary/aromatic N) is 1. The molecule has 19 heavy (non-hydrogen) atoms. The molecule has 0 fully saturated rings. The van der Waals surface area contributed by atoms with E-state index in [0.717, 1.165) is 30.2 Å². The second kappa shape index (κ2) is 4.57. The standard InChI is InChI=1S/C16H17NO2/c1-17-13-10-6-5-9-12(13)15(18)14(16(17)19)11-7-3-2-4-8-11/h3,5-7,9-11,18H,2,4,8H2,1H3/t11-/m1/s1. The van der Waals surface area contributed by atoms with Crippen LogP contribution in [0.1, 0.15) is 30.7 Å². The fraction of sp³-hybridized carbons (Fsp3) is 0.312. The van der Waals surface area contributed by atoms with Crippen LogP contribution in [0.3, 0.4) is 0 Å². The van der Waals surface area contributed by atoms with Gasteiger partial charge in [0, 0.05) is 18.4 Å². The molecule has 3 nitrogen and oxygen atoms in total. The number of hydrogen-bond donors (Lipinski definition) is 1. The highest BCUT2D eigenvalue weighted by Gasteiger charge is 2.22. The Kier molecular flexibility index (Phi) is 2.90. The van der Waals surface area contributed by atoms with E-state index in [1.54, 1.807) is 11.6 Å². The van der Waals surface area contributed by atoms with Crippen LogP contribution in [0.4, 0.5) is 0 Å². The first-order valence-corrected chi connectivity index (χ1v) is 6.67. The third-order valence-electron chi connectivity index (χ3n) is 3.94. The van der Waals surface area contributed by atoms with Crippen molar-refractivity contribution in [2.24, 2.45) is 7.05 Å². The molecule has 0 unspecified atom stereocenters. The van der Waals surface area contributed by atoms with E-state index in [-0.39, 0.29) is 17.2 Å². The second-order valence-corrected chi connectivity index (χ2v) is 5.11. The summed E-state index contributed by atoms with van der Waals surface area (Å²) in [6.45, 7) is 0. The molecule has 0 radical (unpaired) electrons. The average Bonchev–Trinajstić information content (AvgIpc) is 2.46. The predicted octanol–water partition coefficient (Wildman–Crippen LogP) is 3.07. The van der Waals surface area contributed by atoms with Crippen LogP contribution in [0, 0.1) is 0 Å². The number of hydrogen-bond acceptors (Lipinski definition) is 2. The van der Waals surface area contributed by atoms with Crippen molar-refractivity contribution in [3.8, 4) is 5.75 Å². The van der Waals surface area contributed by atoms with Gasteiger partial charge in [0.1, 0.15) is 5.75 Å². The van der Waals surface area contributed by atoms with Gasteiger partial charge in [0.05, 0.1) is 11.1 Å². The lowest BCUT2D eigenvalue weighted by molar-refractivity contribution is 0.464. The third kappa shape index (κ3) is 1.86. The van der Waals surface area contributed by atoms with Crippen molar-refractivity contribution < 1.29 is 5.11 Å². The smallest absolute Gasteiger partial charge is 0.258 e. The number of pyridine rings is 1. The fourth-order valence-corrected chi connectivity index (χ4v) is 2.89. The van der Waals surface area contributed by atoms with Crippen molar-refractivity contribution in [3.63, 3.8) is 0 Å². The zero-order chi connectivity index (χ0) is 13.4. The summed E-state index contributed by atoms with van der Waals surface area (Å²) in [4.78, 5) is 12.5. The van der Waals surface area contributed by atoms with Crippen molar-refractivity contribution in [1.82, 2.24) is 4.57 Å². The molecule has 0 saturated carbocycles. The van der Waals surface area contributed by atoms with Crippen molar-refractivity contribution in [2.75, 3.05) is 0 Å². The zero-order valence-corrected chi connectivity index (χ0v) is 11.0. The summed E-state index contributed by atoms with van der Waals surface area (Å²) in [5.74, 6) is 0.187. The molecule has 1 aromatic carbocycles. The normalized spacial score (nSPS) is 18.9. The average molecular weight is 255 g/mol. The summed E-state index contributed by atoms with van der Waals surface area (Å²) in [7, 11) is 1.76. The summed E-state index contributed by atoms with van der Waals surface area (Å²) in [5.41, 5.74) is 1.22. The summed E-state index contributed by atoms with van der Waals surface area (Å²) in [6, 6.07) is 7.48. The molecule has 0 saturated heterocycles. The van der Waals surface area contributed by atoms with Crippen LogP contribution in [0.25, 0.3) is 10.9 Å². The Balaban J connectivity index is 2.33. The van der Waals surface area contributed by atoms with E-state index in [9.17, 15) is 9.90 Å².